The van der Waals surface area contributed by atoms with Crippen LogP contribution in [0.2, 0.25) is 0 Å². The van der Waals surface area contributed by atoms with Crippen molar-refractivity contribution < 1.29 is 9.53 Å². The first-order valence-corrected chi connectivity index (χ1v) is 9.97. The number of hydrogen-bond acceptors (Lipinski definition) is 3. The van der Waals surface area contributed by atoms with E-state index >= 15 is 0 Å². The van der Waals surface area contributed by atoms with Gasteiger partial charge in [-0.15, -0.1) is 0 Å². The highest BCUT2D eigenvalue weighted by Crippen LogP contribution is 2.41. The minimum Gasteiger partial charge on any atom is -0.497 e. The molecule has 2 aliphatic heterocycles. The molecule has 0 aliphatic carbocycles. The monoisotopic (exact) mass is 364 g/mol. The molecule has 0 N–H and O–H groups in total. The topological polar surface area (TPSA) is 32.8 Å². The molecule has 0 radical (unpaired) electrons. The van der Waals surface area contributed by atoms with Gasteiger partial charge in [0.05, 0.1) is 7.11 Å². The van der Waals surface area contributed by atoms with Gasteiger partial charge in [0.1, 0.15) is 5.75 Å². The highest BCUT2D eigenvalue weighted by atomic mass is 16.5. The first-order valence-electron chi connectivity index (χ1n) is 9.97. The maximum absolute atomic E-state index is 12.9. The third-order valence-corrected chi connectivity index (χ3v) is 6.24. The molecule has 27 heavy (non-hydrogen) atoms. The molecule has 0 unspecified atom stereocenters. The molecule has 0 bridgehead atoms. The molecule has 2 heterocycles. The molecule has 142 valence electrons. The van der Waals surface area contributed by atoms with Crippen molar-refractivity contribution in [3.63, 3.8) is 0 Å². The summed E-state index contributed by atoms with van der Waals surface area (Å²) >= 11 is 0. The summed E-state index contributed by atoms with van der Waals surface area (Å²) in [6, 6.07) is 18.3. The molecule has 0 aromatic heterocycles. The third kappa shape index (κ3) is 3.46. The number of carbonyl (C=O) groups excluding carboxylic acids is 1. The summed E-state index contributed by atoms with van der Waals surface area (Å²) in [5, 5.41) is 0. The highest BCUT2D eigenvalue weighted by molar-refractivity contribution is 5.94. The third-order valence-electron chi connectivity index (χ3n) is 6.24. The number of benzene rings is 2. The van der Waals surface area contributed by atoms with Gasteiger partial charge in [-0.3, -0.25) is 9.69 Å². The van der Waals surface area contributed by atoms with E-state index in [1.165, 1.54) is 31.5 Å². The van der Waals surface area contributed by atoms with Crippen LogP contribution in [0.15, 0.2) is 54.6 Å². The van der Waals surface area contributed by atoms with Crippen LogP contribution in [-0.2, 0) is 5.54 Å². The Bertz CT molecular complexity index is 759. The lowest BCUT2D eigenvalue weighted by molar-refractivity contribution is 0.0294. The average molecular weight is 364 g/mol. The second-order valence-electron chi connectivity index (χ2n) is 7.61. The van der Waals surface area contributed by atoms with Gasteiger partial charge in [-0.1, -0.05) is 30.3 Å². The molecule has 2 aliphatic rings. The number of amides is 1. The summed E-state index contributed by atoms with van der Waals surface area (Å²) < 4.78 is 5.20. The fraction of sp³-hybridized carbons (Fsp3) is 0.435. The van der Waals surface area contributed by atoms with E-state index in [0.29, 0.717) is 0 Å². The van der Waals surface area contributed by atoms with Crippen LogP contribution in [0.25, 0.3) is 0 Å². The van der Waals surface area contributed by atoms with Crippen molar-refractivity contribution in [3.05, 3.63) is 65.7 Å². The van der Waals surface area contributed by atoms with Gasteiger partial charge >= 0.3 is 0 Å². The minimum atomic E-state index is 0.0778. The fourth-order valence-corrected chi connectivity index (χ4v) is 4.68. The van der Waals surface area contributed by atoms with E-state index in [1.54, 1.807) is 7.11 Å². The van der Waals surface area contributed by atoms with Crippen molar-refractivity contribution in [1.29, 1.82) is 0 Å². The van der Waals surface area contributed by atoms with Crippen molar-refractivity contribution >= 4 is 5.91 Å². The molecule has 2 saturated heterocycles. The lowest BCUT2D eigenvalue weighted by Gasteiger charge is -2.48. The average Bonchev–Trinajstić information content (AvgIpc) is 3.29. The van der Waals surface area contributed by atoms with E-state index in [4.69, 9.17) is 4.74 Å². The van der Waals surface area contributed by atoms with Crippen LogP contribution in [0, 0.1) is 0 Å². The quantitative estimate of drug-likeness (QED) is 0.824. The lowest BCUT2D eigenvalue weighted by Crippen LogP contribution is -2.53. The largest absolute Gasteiger partial charge is 0.497 e. The number of carbonyl (C=O) groups is 1. The van der Waals surface area contributed by atoms with E-state index in [9.17, 15) is 4.79 Å². The first kappa shape index (κ1) is 18.1. The summed E-state index contributed by atoms with van der Waals surface area (Å²) in [5.74, 6) is 0.906. The SMILES string of the molecule is COc1ccc(C(=O)N2CCC(c3ccccc3)(N3CCCC3)CC2)cc1. The minimum absolute atomic E-state index is 0.0778. The Morgan fingerprint density at radius 2 is 1.52 bits per heavy atom. The number of likely N-dealkylation sites (tertiary alicyclic amines) is 2. The zero-order valence-corrected chi connectivity index (χ0v) is 16.1. The molecule has 2 aromatic carbocycles. The Morgan fingerprint density at radius 1 is 0.889 bits per heavy atom. The van der Waals surface area contributed by atoms with Crippen LogP contribution in [0.1, 0.15) is 41.6 Å². The van der Waals surface area contributed by atoms with Gasteiger partial charge in [-0.25, -0.2) is 0 Å². The number of nitrogens with zero attached hydrogens (tertiary/aromatic N) is 2. The van der Waals surface area contributed by atoms with E-state index in [-0.39, 0.29) is 11.4 Å². The number of hydrogen-bond donors (Lipinski definition) is 0. The van der Waals surface area contributed by atoms with Gasteiger partial charge in [0.15, 0.2) is 0 Å². The Hall–Kier alpha value is -2.33. The second kappa shape index (κ2) is 7.73. The van der Waals surface area contributed by atoms with E-state index in [2.05, 4.69) is 35.2 Å². The maximum atomic E-state index is 12.9. The molecule has 0 saturated carbocycles. The highest BCUT2D eigenvalue weighted by Gasteiger charge is 2.42. The van der Waals surface area contributed by atoms with E-state index in [0.717, 1.165) is 37.2 Å². The summed E-state index contributed by atoms with van der Waals surface area (Å²) in [7, 11) is 1.64. The van der Waals surface area contributed by atoms with Gasteiger partial charge < -0.3 is 9.64 Å². The van der Waals surface area contributed by atoms with Crippen molar-refractivity contribution in [2.45, 2.75) is 31.2 Å². The van der Waals surface area contributed by atoms with Gasteiger partial charge in [-0.2, -0.15) is 0 Å². The number of methoxy groups -OCH3 is 1. The second-order valence-corrected chi connectivity index (χ2v) is 7.61. The first-order chi connectivity index (χ1) is 13.2. The number of rotatable bonds is 4. The molecule has 4 nitrogen and oxygen atoms in total. The molecular formula is C23H28N2O2. The standard InChI is InChI=1S/C23H28N2O2/c1-27-21-11-9-19(10-12-21)22(26)24-17-13-23(14-18-24,25-15-5-6-16-25)20-7-3-2-4-8-20/h2-4,7-12H,5-6,13-18H2,1H3. The molecule has 2 fully saturated rings. The van der Waals surface area contributed by atoms with Gasteiger partial charge in [0, 0.05) is 24.2 Å². The molecule has 0 spiro atoms. The van der Waals surface area contributed by atoms with Crippen molar-refractivity contribution in [3.8, 4) is 5.75 Å². The smallest absolute Gasteiger partial charge is 0.253 e. The van der Waals surface area contributed by atoms with Crippen LogP contribution < -0.4 is 4.74 Å². The lowest BCUT2D eigenvalue weighted by atomic mass is 9.79. The zero-order chi connectivity index (χ0) is 18.7. The van der Waals surface area contributed by atoms with Gasteiger partial charge in [-0.05, 0) is 68.6 Å². The predicted molar refractivity (Wildman–Crippen MR) is 107 cm³/mol. The van der Waals surface area contributed by atoms with Crippen LogP contribution in [0.4, 0.5) is 0 Å². The van der Waals surface area contributed by atoms with Crippen molar-refractivity contribution in [1.82, 2.24) is 9.80 Å². The Kier molecular flexibility index (Phi) is 5.17. The van der Waals surface area contributed by atoms with Gasteiger partial charge in [0.2, 0.25) is 0 Å². The van der Waals surface area contributed by atoms with Crippen LogP contribution in [-0.4, -0.2) is 49.0 Å². The molecule has 0 atom stereocenters. The zero-order valence-electron chi connectivity index (χ0n) is 16.1. The Labute approximate surface area is 161 Å². The molecule has 4 heteroatoms. The van der Waals surface area contributed by atoms with E-state index in [1.807, 2.05) is 29.2 Å². The summed E-state index contributed by atoms with van der Waals surface area (Å²) in [6.45, 7) is 3.94. The van der Waals surface area contributed by atoms with Crippen LogP contribution in [0.3, 0.4) is 0 Å². The Balaban J connectivity index is 1.52. The normalized spacial score (nSPS) is 19.8. The van der Waals surface area contributed by atoms with Gasteiger partial charge in [0.25, 0.3) is 5.91 Å². The van der Waals surface area contributed by atoms with Crippen LogP contribution in [0.5, 0.6) is 5.75 Å². The molecule has 4 rings (SSSR count). The van der Waals surface area contributed by atoms with Crippen LogP contribution >= 0.6 is 0 Å². The summed E-state index contributed by atoms with van der Waals surface area (Å²) in [4.78, 5) is 17.6. The number of piperidine rings is 1. The summed E-state index contributed by atoms with van der Waals surface area (Å²) in [5.41, 5.74) is 2.22. The fourth-order valence-electron chi connectivity index (χ4n) is 4.68. The predicted octanol–water partition coefficient (Wildman–Crippen LogP) is 3.92. The van der Waals surface area contributed by atoms with E-state index < -0.39 is 0 Å². The molecule has 2 aromatic rings. The molecule has 1 amide bonds. The van der Waals surface area contributed by atoms with Crippen molar-refractivity contribution in [2.75, 3.05) is 33.3 Å². The Morgan fingerprint density at radius 3 is 2.11 bits per heavy atom. The number of ether oxygens (including phenoxy) is 1. The maximum Gasteiger partial charge on any atom is 0.253 e. The summed E-state index contributed by atoms with van der Waals surface area (Å²) in [6.07, 6.45) is 4.56. The molecular weight excluding hydrogens is 336 g/mol. The van der Waals surface area contributed by atoms with Crippen molar-refractivity contribution in [2.24, 2.45) is 0 Å².